The molecule has 9 unspecified atom stereocenters. The molecule has 9 atom stereocenters. The van der Waals surface area contributed by atoms with E-state index in [0.717, 1.165) is 55.3 Å². The van der Waals surface area contributed by atoms with Crippen molar-refractivity contribution in [1.82, 2.24) is 0 Å². The van der Waals surface area contributed by atoms with E-state index < -0.39 is 5.60 Å². The molecule has 1 N–H and O–H groups in total. The summed E-state index contributed by atoms with van der Waals surface area (Å²) in [4.78, 5) is 13.4. The predicted molar refractivity (Wildman–Crippen MR) is 107 cm³/mol. The Kier molecular flexibility index (Phi) is 4.05. The SMILES string of the molecule is CCC1CC(CC)C2C3CC(CC3C(=O)OC3C4CC5CC3CC(O)(C5)C4)C12. The average Bonchev–Trinajstić information content (AvgIpc) is 3.33. The zero-order valence-corrected chi connectivity index (χ0v) is 17.7. The first-order chi connectivity index (χ1) is 13.5. The molecular weight excluding hydrogens is 348 g/mol. The van der Waals surface area contributed by atoms with Gasteiger partial charge in [0, 0.05) is 0 Å². The van der Waals surface area contributed by atoms with Gasteiger partial charge in [-0.2, -0.15) is 0 Å². The van der Waals surface area contributed by atoms with Crippen molar-refractivity contribution in [2.24, 2.45) is 59.2 Å². The number of rotatable bonds is 4. The minimum Gasteiger partial charge on any atom is -0.462 e. The number of aliphatic hydroxyl groups is 1. The van der Waals surface area contributed by atoms with E-state index in [1.165, 1.54) is 38.5 Å². The van der Waals surface area contributed by atoms with Crippen LogP contribution >= 0.6 is 0 Å². The summed E-state index contributed by atoms with van der Waals surface area (Å²) in [6, 6.07) is 0. The largest absolute Gasteiger partial charge is 0.462 e. The molecule has 0 aromatic heterocycles. The van der Waals surface area contributed by atoms with Crippen molar-refractivity contribution in [1.29, 1.82) is 0 Å². The first-order valence-corrected chi connectivity index (χ1v) is 12.4. The fourth-order valence-electron chi connectivity index (χ4n) is 10.0. The molecule has 3 heteroatoms. The molecule has 0 radical (unpaired) electrons. The zero-order chi connectivity index (χ0) is 19.2. The topological polar surface area (TPSA) is 46.5 Å². The quantitative estimate of drug-likeness (QED) is 0.705. The third kappa shape index (κ3) is 2.47. The summed E-state index contributed by atoms with van der Waals surface area (Å²) in [5.41, 5.74) is -0.438. The molecule has 0 aliphatic heterocycles. The van der Waals surface area contributed by atoms with Crippen LogP contribution in [0.25, 0.3) is 0 Å². The van der Waals surface area contributed by atoms with E-state index in [0.29, 0.717) is 23.7 Å². The molecule has 7 aliphatic carbocycles. The van der Waals surface area contributed by atoms with E-state index in [1.54, 1.807) is 0 Å². The minimum absolute atomic E-state index is 0.105. The van der Waals surface area contributed by atoms with E-state index >= 15 is 0 Å². The van der Waals surface area contributed by atoms with Gasteiger partial charge in [-0.3, -0.25) is 4.79 Å². The summed E-state index contributed by atoms with van der Waals surface area (Å²) in [5.74, 6) is 6.68. The molecule has 0 saturated heterocycles. The number of hydrogen-bond donors (Lipinski definition) is 1. The van der Waals surface area contributed by atoms with Gasteiger partial charge in [0.25, 0.3) is 0 Å². The van der Waals surface area contributed by atoms with Gasteiger partial charge >= 0.3 is 5.97 Å². The maximum absolute atomic E-state index is 13.4. The lowest BCUT2D eigenvalue weighted by molar-refractivity contribution is -0.203. The molecule has 7 aliphatic rings. The Hall–Kier alpha value is -0.570. The fourth-order valence-corrected chi connectivity index (χ4v) is 10.0. The molecular formula is C25H38O3. The molecule has 0 amide bonds. The van der Waals surface area contributed by atoms with Crippen LogP contribution in [-0.2, 0) is 9.53 Å². The molecule has 156 valence electrons. The number of carbonyl (C=O) groups is 1. The fraction of sp³-hybridized carbons (Fsp3) is 0.960. The average molecular weight is 387 g/mol. The Morgan fingerprint density at radius 1 is 0.893 bits per heavy atom. The Morgan fingerprint density at radius 2 is 1.57 bits per heavy atom. The van der Waals surface area contributed by atoms with Crippen LogP contribution in [-0.4, -0.2) is 22.8 Å². The highest BCUT2D eigenvalue weighted by Crippen LogP contribution is 2.66. The third-order valence-corrected chi connectivity index (χ3v) is 10.6. The van der Waals surface area contributed by atoms with Crippen LogP contribution in [0.15, 0.2) is 0 Å². The van der Waals surface area contributed by atoms with Gasteiger partial charge in [-0.25, -0.2) is 0 Å². The van der Waals surface area contributed by atoms with E-state index in [2.05, 4.69) is 13.8 Å². The molecule has 7 saturated carbocycles. The Bertz CT molecular complexity index is 642. The van der Waals surface area contributed by atoms with Crippen molar-refractivity contribution in [2.75, 3.05) is 0 Å². The third-order valence-electron chi connectivity index (χ3n) is 10.6. The second-order valence-corrected chi connectivity index (χ2v) is 11.8. The monoisotopic (exact) mass is 386 g/mol. The molecule has 0 aromatic carbocycles. The van der Waals surface area contributed by atoms with Crippen LogP contribution in [0.1, 0.15) is 78.1 Å². The Labute approximate surface area is 170 Å². The summed E-state index contributed by atoms with van der Waals surface area (Å²) < 4.78 is 6.33. The van der Waals surface area contributed by atoms with Gasteiger partial charge < -0.3 is 9.84 Å². The summed E-state index contributed by atoms with van der Waals surface area (Å²) in [7, 11) is 0. The second-order valence-electron chi connectivity index (χ2n) is 11.8. The van der Waals surface area contributed by atoms with E-state index in [9.17, 15) is 9.90 Å². The normalized spacial score (nSPS) is 58.3. The summed E-state index contributed by atoms with van der Waals surface area (Å²) in [6.07, 6.45) is 11.6. The highest BCUT2D eigenvalue weighted by Gasteiger charge is 2.62. The van der Waals surface area contributed by atoms with Gasteiger partial charge in [0.2, 0.25) is 0 Å². The maximum atomic E-state index is 13.4. The van der Waals surface area contributed by atoms with Crippen LogP contribution in [0, 0.1) is 59.2 Å². The second kappa shape index (κ2) is 6.22. The van der Waals surface area contributed by atoms with Crippen molar-refractivity contribution in [3.8, 4) is 0 Å². The van der Waals surface area contributed by atoms with E-state index in [-0.39, 0.29) is 18.0 Å². The molecule has 7 rings (SSSR count). The number of fused-ring (bicyclic) bond motifs is 5. The smallest absolute Gasteiger partial charge is 0.309 e. The van der Waals surface area contributed by atoms with Crippen LogP contribution < -0.4 is 0 Å². The lowest BCUT2D eigenvalue weighted by Crippen LogP contribution is -2.58. The molecule has 0 spiro atoms. The highest BCUT2D eigenvalue weighted by atomic mass is 16.5. The molecule has 6 bridgehead atoms. The number of ether oxygens (including phenoxy) is 1. The number of carbonyl (C=O) groups excluding carboxylic acids is 1. The van der Waals surface area contributed by atoms with Gasteiger partial charge in [0.1, 0.15) is 6.10 Å². The lowest BCUT2D eigenvalue weighted by Gasteiger charge is -2.57. The summed E-state index contributed by atoms with van der Waals surface area (Å²) in [5, 5.41) is 10.8. The van der Waals surface area contributed by atoms with Crippen LogP contribution in [0.5, 0.6) is 0 Å². The Morgan fingerprint density at radius 3 is 2.21 bits per heavy atom. The van der Waals surface area contributed by atoms with Crippen LogP contribution in [0.4, 0.5) is 0 Å². The van der Waals surface area contributed by atoms with E-state index in [1.807, 2.05) is 0 Å². The van der Waals surface area contributed by atoms with Crippen LogP contribution in [0.3, 0.4) is 0 Å². The van der Waals surface area contributed by atoms with Crippen molar-refractivity contribution in [2.45, 2.75) is 89.8 Å². The summed E-state index contributed by atoms with van der Waals surface area (Å²) in [6.45, 7) is 4.73. The van der Waals surface area contributed by atoms with Gasteiger partial charge in [0.05, 0.1) is 11.5 Å². The first-order valence-electron chi connectivity index (χ1n) is 12.4. The highest BCUT2D eigenvalue weighted by molar-refractivity contribution is 5.74. The Balaban J connectivity index is 1.17. The zero-order valence-electron chi connectivity index (χ0n) is 17.7. The van der Waals surface area contributed by atoms with Crippen molar-refractivity contribution < 1.29 is 14.6 Å². The molecule has 0 heterocycles. The van der Waals surface area contributed by atoms with Gasteiger partial charge in [0.15, 0.2) is 0 Å². The predicted octanol–water partition coefficient (Wildman–Crippen LogP) is 4.81. The number of hydrogen-bond acceptors (Lipinski definition) is 3. The molecule has 0 aromatic rings. The van der Waals surface area contributed by atoms with Crippen molar-refractivity contribution >= 4 is 5.97 Å². The lowest BCUT2D eigenvalue weighted by atomic mass is 9.53. The molecule has 28 heavy (non-hydrogen) atoms. The van der Waals surface area contributed by atoms with Crippen LogP contribution in [0.2, 0.25) is 0 Å². The minimum atomic E-state index is -0.438. The standard InChI is InChI=1S/C25H38O3/c1-3-14-7-15(4-2)22-19-8-16(21(14)22)9-20(19)24(26)28-23-17-5-13-6-18(23)12-25(27,10-13)11-17/h13-23,27H,3-12H2,1-2H3. The van der Waals surface area contributed by atoms with E-state index in [4.69, 9.17) is 4.74 Å². The molecule has 3 nitrogen and oxygen atoms in total. The summed E-state index contributed by atoms with van der Waals surface area (Å²) >= 11 is 0. The first kappa shape index (κ1) is 18.2. The maximum Gasteiger partial charge on any atom is 0.309 e. The van der Waals surface area contributed by atoms with Gasteiger partial charge in [-0.05, 0) is 105 Å². The molecule has 7 fully saturated rings. The number of esters is 1. The van der Waals surface area contributed by atoms with Crippen molar-refractivity contribution in [3.05, 3.63) is 0 Å². The van der Waals surface area contributed by atoms with Gasteiger partial charge in [-0.1, -0.05) is 26.7 Å². The van der Waals surface area contributed by atoms with Crippen molar-refractivity contribution in [3.63, 3.8) is 0 Å². The van der Waals surface area contributed by atoms with Gasteiger partial charge in [-0.15, -0.1) is 0 Å².